The third-order valence-corrected chi connectivity index (χ3v) is 4.95. The Morgan fingerprint density at radius 2 is 1.91 bits per heavy atom. The van der Waals surface area contributed by atoms with Crippen LogP contribution in [0.1, 0.15) is 43.2 Å². The molecule has 1 atom stereocenters. The van der Waals surface area contributed by atoms with E-state index in [2.05, 4.69) is 25.2 Å². The van der Waals surface area contributed by atoms with Crippen LogP contribution in [0.4, 0.5) is 4.39 Å². The summed E-state index contributed by atoms with van der Waals surface area (Å²) < 4.78 is 13.7. The molecule has 0 fully saturated rings. The van der Waals surface area contributed by atoms with Gasteiger partial charge >= 0.3 is 0 Å². The van der Waals surface area contributed by atoms with Crippen LogP contribution in [0.5, 0.6) is 0 Å². The van der Waals surface area contributed by atoms with Crippen LogP contribution in [0.2, 0.25) is 0 Å². The third-order valence-electron chi connectivity index (χ3n) is 4.00. The fourth-order valence-corrected chi connectivity index (χ4v) is 3.56. The van der Waals surface area contributed by atoms with E-state index in [9.17, 15) is 9.18 Å². The number of halogens is 1. The lowest BCUT2D eigenvalue weighted by atomic mass is 9.92. The first kappa shape index (κ1) is 16.7. The van der Waals surface area contributed by atoms with E-state index in [-0.39, 0.29) is 24.2 Å². The van der Waals surface area contributed by atoms with Crippen molar-refractivity contribution in [3.63, 3.8) is 0 Å². The van der Waals surface area contributed by atoms with E-state index in [0.29, 0.717) is 11.5 Å². The molecule has 0 aliphatic carbocycles. The average molecular weight is 319 g/mol. The van der Waals surface area contributed by atoms with Crippen molar-refractivity contribution in [2.45, 2.75) is 39.2 Å². The van der Waals surface area contributed by atoms with Gasteiger partial charge in [0.1, 0.15) is 5.82 Å². The van der Waals surface area contributed by atoms with E-state index in [0.717, 1.165) is 17.7 Å². The summed E-state index contributed by atoms with van der Waals surface area (Å²) in [5.74, 6) is -0.0634. The smallest absolute Gasteiger partial charge is 0.225 e. The van der Waals surface area contributed by atoms with Gasteiger partial charge in [-0.15, -0.1) is 11.3 Å². The molecule has 1 unspecified atom stereocenters. The molecule has 0 bridgehead atoms. The van der Waals surface area contributed by atoms with E-state index in [1.54, 1.807) is 29.5 Å². The van der Waals surface area contributed by atoms with Gasteiger partial charge in [-0.3, -0.25) is 4.79 Å². The molecule has 1 N–H and O–H groups in total. The first-order valence-electron chi connectivity index (χ1n) is 7.71. The second-order valence-electron chi connectivity index (χ2n) is 5.41. The van der Waals surface area contributed by atoms with Gasteiger partial charge in [0, 0.05) is 4.88 Å². The molecule has 4 heteroatoms. The van der Waals surface area contributed by atoms with E-state index >= 15 is 0 Å². The van der Waals surface area contributed by atoms with Crippen molar-refractivity contribution in [1.29, 1.82) is 0 Å². The predicted octanol–water partition coefficient (Wildman–Crippen LogP) is 4.72. The second kappa shape index (κ2) is 8.08. The summed E-state index contributed by atoms with van der Waals surface area (Å²) in [5.41, 5.74) is 0.439. The summed E-state index contributed by atoms with van der Waals surface area (Å²) >= 11 is 1.65. The van der Waals surface area contributed by atoms with E-state index < -0.39 is 0 Å². The van der Waals surface area contributed by atoms with Crippen LogP contribution in [-0.2, 0) is 11.2 Å². The molecule has 0 radical (unpaired) electrons. The molecule has 2 aromatic rings. The van der Waals surface area contributed by atoms with Crippen LogP contribution in [-0.4, -0.2) is 5.91 Å². The van der Waals surface area contributed by atoms with Crippen LogP contribution >= 0.6 is 11.3 Å². The highest BCUT2D eigenvalue weighted by atomic mass is 32.1. The minimum Gasteiger partial charge on any atom is -0.348 e. The summed E-state index contributed by atoms with van der Waals surface area (Å²) in [6, 6.07) is 10.5. The SMILES string of the molecule is CCC(CC)C(NC(=O)Cc1ccccc1F)c1cccs1. The van der Waals surface area contributed by atoms with Crippen LogP contribution in [0.3, 0.4) is 0 Å². The Morgan fingerprint density at radius 3 is 2.50 bits per heavy atom. The Morgan fingerprint density at radius 1 is 1.18 bits per heavy atom. The number of rotatable bonds is 7. The largest absolute Gasteiger partial charge is 0.348 e. The Kier molecular flexibility index (Phi) is 6.13. The maximum absolute atomic E-state index is 13.7. The molecule has 0 aliphatic rings. The van der Waals surface area contributed by atoms with Crippen molar-refractivity contribution in [3.8, 4) is 0 Å². The van der Waals surface area contributed by atoms with Crippen molar-refractivity contribution in [2.75, 3.05) is 0 Å². The van der Waals surface area contributed by atoms with Gasteiger partial charge in [0.25, 0.3) is 0 Å². The normalized spacial score (nSPS) is 12.4. The lowest BCUT2D eigenvalue weighted by molar-refractivity contribution is -0.121. The minimum absolute atomic E-state index is 0.00859. The Balaban J connectivity index is 2.10. The number of hydrogen-bond donors (Lipinski definition) is 1. The fourth-order valence-electron chi connectivity index (χ4n) is 2.69. The molecule has 118 valence electrons. The van der Waals surface area contributed by atoms with E-state index in [1.807, 2.05) is 11.4 Å². The molecule has 1 aromatic carbocycles. The molecule has 2 nitrogen and oxygen atoms in total. The highest BCUT2D eigenvalue weighted by Gasteiger charge is 2.23. The quantitative estimate of drug-likeness (QED) is 0.786. The van der Waals surface area contributed by atoms with Crippen molar-refractivity contribution in [1.82, 2.24) is 5.32 Å². The molecule has 0 saturated heterocycles. The lowest BCUT2D eigenvalue weighted by Gasteiger charge is -2.25. The minimum atomic E-state index is -0.326. The molecule has 1 heterocycles. The van der Waals surface area contributed by atoms with Crippen molar-refractivity contribution in [2.24, 2.45) is 5.92 Å². The van der Waals surface area contributed by atoms with Gasteiger partial charge < -0.3 is 5.32 Å². The second-order valence-corrected chi connectivity index (χ2v) is 6.38. The van der Waals surface area contributed by atoms with Crippen LogP contribution in [0, 0.1) is 11.7 Å². The van der Waals surface area contributed by atoms with Crippen LogP contribution in [0.25, 0.3) is 0 Å². The van der Waals surface area contributed by atoms with E-state index in [4.69, 9.17) is 0 Å². The zero-order valence-electron chi connectivity index (χ0n) is 13.0. The summed E-state index contributed by atoms with van der Waals surface area (Å²) in [4.78, 5) is 13.5. The molecular formula is C18H22FNOS. The van der Waals surface area contributed by atoms with Gasteiger partial charge in [0.2, 0.25) is 5.91 Å². The highest BCUT2D eigenvalue weighted by Crippen LogP contribution is 2.30. The average Bonchev–Trinajstić information content (AvgIpc) is 3.04. The summed E-state index contributed by atoms with van der Waals surface area (Å²) in [5, 5.41) is 5.12. The van der Waals surface area contributed by atoms with Gasteiger partial charge in [0.05, 0.1) is 12.5 Å². The molecule has 22 heavy (non-hydrogen) atoms. The van der Waals surface area contributed by atoms with Crippen LogP contribution < -0.4 is 5.32 Å². The molecular weight excluding hydrogens is 297 g/mol. The van der Waals surface area contributed by atoms with Gasteiger partial charge in [0.15, 0.2) is 0 Å². The molecule has 0 aliphatic heterocycles. The van der Waals surface area contributed by atoms with Gasteiger partial charge in [-0.1, -0.05) is 51.0 Å². The number of nitrogens with one attached hydrogen (secondary N) is 1. The number of carbonyl (C=O) groups is 1. The van der Waals surface area contributed by atoms with Gasteiger partial charge in [-0.05, 0) is 29.0 Å². The maximum Gasteiger partial charge on any atom is 0.225 e. The number of hydrogen-bond acceptors (Lipinski definition) is 2. The number of carbonyl (C=O) groups excluding carboxylic acids is 1. The number of benzene rings is 1. The molecule has 2 rings (SSSR count). The maximum atomic E-state index is 13.7. The van der Waals surface area contributed by atoms with Crippen molar-refractivity contribution >= 4 is 17.2 Å². The summed E-state index contributed by atoms with van der Waals surface area (Å²) in [6.07, 6.45) is 2.08. The first-order valence-corrected chi connectivity index (χ1v) is 8.59. The lowest BCUT2D eigenvalue weighted by Crippen LogP contribution is -2.34. The molecule has 1 aromatic heterocycles. The van der Waals surface area contributed by atoms with E-state index in [1.165, 1.54) is 6.07 Å². The Bertz CT molecular complexity index is 593. The predicted molar refractivity (Wildman–Crippen MR) is 89.4 cm³/mol. The van der Waals surface area contributed by atoms with Crippen LogP contribution in [0.15, 0.2) is 41.8 Å². The molecule has 0 saturated carbocycles. The van der Waals surface area contributed by atoms with Gasteiger partial charge in [-0.25, -0.2) is 4.39 Å². The van der Waals surface area contributed by atoms with Gasteiger partial charge in [-0.2, -0.15) is 0 Å². The first-order chi connectivity index (χ1) is 10.7. The molecule has 1 amide bonds. The Hall–Kier alpha value is -1.68. The standard InChI is InChI=1S/C18H22FNOS/c1-3-13(4-2)18(16-10-7-11-22-16)20-17(21)12-14-8-5-6-9-15(14)19/h5-11,13,18H,3-4,12H2,1-2H3,(H,20,21). The number of amides is 1. The fraction of sp³-hybridized carbons (Fsp3) is 0.389. The third kappa shape index (κ3) is 4.17. The van der Waals surface area contributed by atoms with Crippen molar-refractivity contribution in [3.05, 3.63) is 58.0 Å². The summed E-state index contributed by atoms with van der Waals surface area (Å²) in [6.45, 7) is 4.27. The zero-order chi connectivity index (χ0) is 15.9. The van der Waals surface area contributed by atoms with Crippen molar-refractivity contribution < 1.29 is 9.18 Å². The molecule has 0 spiro atoms. The topological polar surface area (TPSA) is 29.1 Å². The number of thiophene rings is 1. The summed E-state index contributed by atoms with van der Waals surface area (Å²) in [7, 11) is 0. The highest BCUT2D eigenvalue weighted by molar-refractivity contribution is 7.10. The zero-order valence-corrected chi connectivity index (χ0v) is 13.8. The Labute approximate surface area is 135 Å². The monoisotopic (exact) mass is 319 g/mol.